The van der Waals surface area contributed by atoms with E-state index in [1.807, 2.05) is 12.1 Å². The summed E-state index contributed by atoms with van der Waals surface area (Å²) in [6.07, 6.45) is 5.13. The third kappa shape index (κ3) is 4.67. The van der Waals surface area contributed by atoms with Crippen LogP contribution in [-0.4, -0.2) is 42.0 Å². The minimum Gasteiger partial charge on any atom is -0.349 e. The van der Waals surface area contributed by atoms with Gasteiger partial charge in [-0.1, -0.05) is 19.1 Å². The average Bonchev–Trinajstić information content (AvgIpc) is 3.51. The zero-order valence-corrected chi connectivity index (χ0v) is 20.4. The lowest BCUT2D eigenvalue weighted by molar-refractivity contribution is 0.102. The Morgan fingerprint density at radius 1 is 1.17 bits per heavy atom. The third-order valence-electron chi connectivity index (χ3n) is 6.14. The number of rotatable bonds is 7. The smallest absolute Gasteiger partial charge is 0.255 e. The van der Waals surface area contributed by atoms with Gasteiger partial charge in [0.1, 0.15) is 17.3 Å². The topological polar surface area (TPSA) is 109 Å². The van der Waals surface area contributed by atoms with Crippen LogP contribution < -0.4 is 14.9 Å². The fraction of sp³-hybridized carbons (Fsp3) is 0.240. The molecular formula is C25H25FN6O3S. The molecule has 0 unspecified atom stereocenters. The lowest BCUT2D eigenvalue weighted by Gasteiger charge is -2.26. The number of carbonyl (C=O) groups is 1. The minimum absolute atomic E-state index is 0.00797. The highest BCUT2D eigenvalue weighted by Gasteiger charge is 2.28. The highest BCUT2D eigenvalue weighted by atomic mass is 32.2. The van der Waals surface area contributed by atoms with Gasteiger partial charge in [0.25, 0.3) is 5.91 Å². The molecule has 0 saturated carbocycles. The van der Waals surface area contributed by atoms with Gasteiger partial charge < -0.3 is 10.2 Å². The van der Waals surface area contributed by atoms with E-state index in [1.165, 1.54) is 36.5 Å². The molecule has 0 bridgehead atoms. The Labute approximate surface area is 208 Å². The molecule has 1 amide bonds. The first-order chi connectivity index (χ1) is 17.4. The lowest BCUT2D eigenvalue weighted by atomic mass is 10.0. The summed E-state index contributed by atoms with van der Waals surface area (Å²) < 4.78 is 42.1. The monoisotopic (exact) mass is 508 g/mol. The van der Waals surface area contributed by atoms with E-state index in [9.17, 15) is 17.6 Å². The molecule has 0 radical (unpaired) electrons. The number of anilines is 2. The Morgan fingerprint density at radius 3 is 2.72 bits per heavy atom. The van der Waals surface area contributed by atoms with Gasteiger partial charge in [-0.15, -0.1) is 0 Å². The molecule has 9 nitrogen and oxygen atoms in total. The van der Waals surface area contributed by atoms with Gasteiger partial charge in [-0.2, -0.15) is 5.10 Å². The van der Waals surface area contributed by atoms with Crippen LogP contribution in [-0.2, 0) is 10.0 Å². The highest BCUT2D eigenvalue weighted by Crippen LogP contribution is 2.36. The largest absolute Gasteiger partial charge is 0.349 e. The van der Waals surface area contributed by atoms with Crippen molar-refractivity contribution < 1.29 is 17.6 Å². The maximum absolute atomic E-state index is 13.8. The summed E-state index contributed by atoms with van der Waals surface area (Å²) >= 11 is 0. The number of hydrogen-bond acceptors (Lipinski definition) is 6. The zero-order chi connectivity index (χ0) is 25.3. The van der Waals surface area contributed by atoms with Crippen molar-refractivity contribution in [2.45, 2.75) is 30.7 Å². The summed E-state index contributed by atoms with van der Waals surface area (Å²) in [5, 5.41) is 7.09. The molecule has 4 aromatic rings. The molecule has 1 saturated heterocycles. The fourth-order valence-corrected chi connectivity index (χ4v) is 5.50. The van der Waals surface area contributed by atoms with Gasteiger partial charge in [-0.3, -0.25) is 4.79 Å². The number of halogens is 1. The molecule has 2 aromatic heterocycles. The molecule has 1 aliphatic heterocycles. The van der Waals surface area contributed by atoms with Crippen LogP contribution in [0.3, 0.4) is 0 Å². The van der Waals surface area contributed by atoms with Crippen LogP contribution in [0.25, 0.3) is 5.65 Å². The number of nitrogens with zero attached hydrogens (tertiary/aromatic N) is 4. The quantitative estimate of drug-likeness (QED) is 0.394. The fourth-order valence-electron chi connectivity index (χ4n) is 4.46. The average molecular weight is 509 g/mol. The van der Waals surface area contributed by atoms with E-state index < -0.39 is 15.9 Å². The zero-order valence-electron chi connectivity index (χ0n) is 19.6. The van der Waals surface area contributed by atoms with Crippen molar-refractivity contribution >= 4 is 33.1 Å². The number of amides is 1. The molecule has 1 fully saturated rings. The summed E-state index contributed by atoms with van der Waals surface area (Å²) in [6, 6.07) is 14.2. The first kappa shape index (κ1) is 23.9. The van der Waals surface area contributed by atoms with Crippen LogP contribution in [0.2, 0.25) is 0 Å². The Kier molecular flexibility index (Phi) is 6.42. The molecule has 11 heteroatoms. The van der Waals surface area contributed by atoms with Crippen molar-refractivity contribution in [2.75, 3.05) is 23.3 Å². The highest BCUT2D eigenvalue weighted by molar-refractivity contribution is 7.89. The summed E-state index contributed by atoms with van der Waals surface area (Å²) in [4.78, 5) is 19.8. The van der Waals surface area contributed by atoms with Gasteiger partial charge in [0.05, 0.1) is 17.1 Å². The first-order valence-corrected chi connectivity index (χ1v) is 13.1. The van der Waals surface area contributed by atoms with Gasteiger partial charge in [0.15, 0.2) is 5.65 Å². The summed E-state index contributed by atoms with van der Waals surface area (Å²) in [5.41, 5.74) is 2.09. The molecule has 0 spiro atoms. The van der Waals surface area contributed by atoms with Crippen molar-refractivity contribution in [1.29, 1.82) is 0 Å². The maximum atomic E-state index is 13.8. The van der Waals surface area contributed by atoms with Crippen molar-refractivity contribution in [3.63, 3.8) is 0 Å². The van der Waals surface area contributed by atoms with Crippen molar-refractivity contribution in [1.82, 2.24) is 19.3 Å². The van der Waals surface area contributed by atoms with Crippen LogP contribution in [0.5, 0.6) is 0 Å². The second kappa shape index (κ2) is 9.67. The van der Waals surface area contributed by atoms with E-state index in [0.29, 0.717) is 22.7 Å². The minimum atomic E-state index is -3.60. The third-order valence-corrected chi connectivity index (χ3v) is 7.71. The van der Waals surface area contributed by atoms with Crippen molar-refractivity contribution in [3.8, 4) is 0 Å². The first-order valence-electron chi connectivity index (χ1n) is 11.6. The summed E-state index contributed by atoms with van der Waals surface area (Å²) in [6.45, 7) is 2.75. The molecule has 3 heterocycles. The Balaban J connectivity index is 1.38. The molecule has 36 heavy (non-hydrogen) atoms. The van der Waals surface area contributed by atoms with Crippen LogP contribution in [0, 0.1) is 5.82 Å². The molecule has 0 aliphatic carbocycles. The molecule has 1 aliphatic rings. The SMILES string of the molecule is CCNS(=O)(=O)c1ccc(C(=O)Nc2cnn3ccc(N4CCC[C@@H]4c4cccc(F)c4)nc23)cc1. The van der Waals surface area contributed by atoms with Gasteiger partial charge >= 0.3 is 0 Å². The van der Waals surface area contributed by atoms with E-state index in [0.717, 1.165) is 24.9 Å². The van der Waals surface area contributed by atoms with Crippen molar-refractivity contribution in [2.24, 2.45) is 0 Å². The number of aromatic nitrogens is 3. The van der Waals surface area contributed by atoms with Gasteiger partial charge in [-0.25, -0.2) is 27.0 Å². The van der Waals surface area contributed by atoms with Crippen molar-refractivity contribution in [3.05, 3.63) is 83.9 Å². The number of carbonyl (C=O) groups excluding carboxylic acids is 1. The Morgan fingerprint density at radius 2 is 1.97 bits per heavy atom. The molecule has 2 N–H and O–H groups in total. The predicted molar refractivity (Wildman–Crippen MR) is 134 cm³/mol. The van der Waals surface area contributed by atoms with Crippen LogP contribution in [0.4, 0.5) is 15.9 Å². The summed E-state index contributed by atoms with van der Waals surface area (Å²) in [7, 11) is -3.60. The number of fused-ring (bicyclic) bond motifs is 1. The second-order valence-electron chi connectivity index (χ2n) is 8.50. The van der Waals surface area contributed by atoms with E-state index in [1.54, 1.807) is 29.8 Å². The van der Waals surface area contributed by atoms with E-state index in [4.69, 9.17) is 4.98 Å². The number of benzene rings is 2. The van der Waals surface area contributed by atoms with E-state index in [-0.39, 0.29) is 23.3 Å². The predicted octanol–water partition coefficient (Wildman–Crippen LogP) is 3.76. The van der Waals surface area contributed by atoms with Crippen LogP contribution >= 0.6 is 0 Å². The summed E-state index contributed by atoms with van der Waals surface area (Å²) in [5.74, 6) is 0.0300. The van der Waals surface area contributed by atoms with E-state index >= 15 is 0 Å². The van der Waals surface area contributed by atoms with Crippen LogP contribution in [0.1, 0.15) is 41.7 Å². The standard InChI is InChI=1S/C25H25FN6O3S/c1-2-28-36(34,35)20-10-8-17(9-11-20)25(33)29-21-16-27-32-14-12-23(30-24(21)32)31-13-4-7-22(31)18-5-3-6-19(26)15-18/h3,5-6,8-12,14-16,22,28H,2,4,7,13H2,1H3,(H,29,33)/t22-/m1/s1. The molecule has 5 rings (SSSR count). The number of hydrogen-bond donors (Lipinski definition) is 2. The normalized spacial score (nSPS) is 15.9. The lowest BCUT2D eigenvalue weighted by Crippen LogP contribution is -2.24. The molecule has 2 aromatic carbocycles. The number of sulfonamides is 1. The van der Waals surface area contributed by atoms with Gasteiger partial charge in [-0.05, 0) is 60.9 Å². The maximum Gasteiger partial charge on any atom is 0.255 e. The Bertz CT molecular complexity index is 1520. The van der Waals surface area contributed by atoms with Gasteiger partial charge in [0, 0.05) is 24.8 Å². The van der Waals surface area contributed by atoms with Gasteiger partial charge in [0.2, 0.25) is 10.0 Å². The van der Waals surface area contributed by atoms with Crippen LogP contribution in [0.15, 0.2) is 71.9 Å². The second-order valence-corrected chi connectivity index (χ2v) is 10.3. The number of nitrogens with one attached hydrogen (secondary N) is 2. The molecular weight excluding hydrogens is 483 g/mol. The Hall–Kier alpha value is -3.83. The molecule has 1 atom stereocenters. The molecule has 186 valence electrons. The van der Waals surface area contributed by atoms with E-state index in [2.05, 4.69) is 20.0 Å².